The average Bonchev–Trinajstić information content (AvgIpc) is 2.34. The van der Waals surface area contributed by atoms with Gasteiger partial charge in [-0.2, -0.15) is 4.31 Å². The molecule has 0 saturated carbocycles. The Kier molecular flexibility index (Phi) is 5.13. The van der Waals surface area contributed by atoms with Gasteiger partial charge in [0.1, 0.15) is 9.84 Å². The van der Waals surface area contributed by atoms with Gasteiger partial charge in [-0.25, -0.2) is 21.6 Å². The molecule has 0 aromatic heterocycles. The summed E-state index contributed by atoms with van der Waals surface area (Å²) in [6.45, 7) is 1.37. The first-order valence-corrected chi connectivity index (χ1v) is 9.43. The fourth-order valence-corrected chi connectivity index (χ4v) is 3.51. The van der Waals surface area contributed by atoms with Gasteiger partial charge in [0.05, 0.1) is 16.2 Å². The summed E-state index contributed by atoms with van der Waals surface area (Å²) < 4.78 is 47.6. The molecule has 0 aliphatic rings. The van der Waals surface area contributed by atoms with Crippen LogP contribution >= 0.6 is 0 Å². The van der Waals surface area contributed by atoms with Gasteiger partial charge in [-0.1, -0.05) is 6.07 Å². The summed E-state index contributed by atoms with van der Waals surface area (Å²) in [6, 6.07) is 3.78. The first-order valence-electron chi connectivity index (χ1n) is 5.93. The van der Waals surface area contributed by atoms with Crippen molar-refractivity contribution in [2.24, 2.45) is 0 Å². The van der Waals surface area contributed by atoms with Crippen LogP contribution in [0.5, 0.6) is 0 Å². The average molecular weight is 335 g/mol. The number of aromatic carboxylic acids is 1. The largest absolute Gasteiger partial charge is 0.478 e. The fourth-order valence-electron chi connectivity index (χ4n) is 1.59. The highest BCUT2D eigenvalue weighted by atomic mass is 32.2. The van der Waals surface area contributed by atoms with Crippen LogP contribution in [0.1, 0.15) is 15.9 Å². The maximum Gasteiger partial charge on any atom is 0.335 e. The molecule has 0 aliphatic heterocycles. The van der Waals surface area contributed by atoms with E-state index in [4.69, 9.17) is 5.11 Å². The molecule has 0 unspecified atom stereocenters. The van der Waals surface area contributed by atoms with Gasteiger partial charge in [0.2, 0.25) is 10.0 Å². The Labute approximate surface area is 124 Å². The highest BCUT2D eigenvalue weighted by molar-refractivity contribution is 7.91. The number of sulfonamides is 1. The van der Waals surface area contributed by atoms with E-state index >= 15 is 0 Å². The van der Waals surface area contributed by atoms with Crippen molar-refractivity contribution in [2.75, 3.05) is 25.6 Å². The molecule has 0 radical (unpaired) electrons. The molecule has 1 aromatic carbocycles. The van der Waals surface area contributed by atoms with Crippen LogP contribution in [0.2, 0.25) is 0 Å². The highest BCUT2D eigenvalue weighted by Gasteiger charge is 2.23. The maximum absolute atomic E-state index is 12.3. The van der Waals surface area contributed by atoms with Crippen LogP contribution in [0.25, 0.3) is 0 Å². The zero-order valence-electron chi connectivity index (χ0n) is 11.9. The van der Waals surface area contributed by atoms with Gasteiger partial charge in [0.25, 0.3) is 0 Å². The van der Waals surface area contributed by atoms with E-state index in [0.29, 0.717) is 5.56 Å². The van der Waals surface area contributed by atoms with Gasteiger partial charge in [0, 0.05) is 19.8 Å². The Morgan fingerprint density at radius 1 is 1.24 bits per heavy atom. The molecule has 1 rings (SSSR count). The molecule has 0 saturated heterocycles. The van der Waals surface area contributed by atoms with Crippen LogP contribution in [0.15, 0.2) is 23.1 Å². The highest BCUT2D eigenvalue weighted by Crippen LogP contribution is 2.18. The molecule has 0 spiro atoms. The molecule has 0 amide bonds. The second kappa shape index (κ2) is 6.12. The summed E-state index contributed by atoms with van der Waals surface area (Å²) in [7, 11) is -5.97. The Morgan fingerprint density at radius 3 is 2.29 bits per heavy atom. The van der Waals surface area contributed by atoms with E-state index < -0.39 is 25.8 Å². The molecule has 0 heterocycles. The lowest BCUT2D eigenvalue weighted by atomic mass is 10.1. The van der Waals surface area contributed by atoms with Gasteiger partial charge < -0.3 is 5.11 Å². The van der Waals surface area contributed by atoms with Gasteiger partial charge in [-0.3, -0.25) is 0 Å². The predicted octanol–water partition coefficient (Wildman–Crippen LogP) is 0.358. The fraction of sp³-hybridized carbons (Fsp3) is 0.417. The Hall–Kier alpha value is -1.45. The quantitative estimate of drug-likeness (QED) is 0.804. The predicted molar refractivity (Wildman–Crippen MR) is 77.7 cm³/mol. The third kappa shape index (κ3) is 4.51. The van der Waals surface area contributed by atoms with E-state index in [-0.39, 0.29) is 22.8 Å². The summed E-state index contributed by atoms with van der Waals surface area (Å²) in [5, 5.41) is 9.02. The smallest absolute Gasteiger partial charge is 0.335 e. The van der Waals surface area contributed by atoms with Crippen molar-refractivity contribution < 1.29 is 26.7 Å². The van der Waals surface area contributed by atoms with Gasteiger partial charge in [-0.05, 0) is 24.6 Å². The van der Waals surface area contributed by atoms with Crippen molar-refractivity contribution in [3.8, 4) is 0 Å². The monoisotopic (exact) mass is 335 g/mol. The number of rotatable bonds is 6. The van der Waals surface area contributed by atoms with Crippen LogP contribution in [0, 0.1) is 6.92 Å². The van der Waals surface area contributed by atoms with Gasteiger partial charge in [-0.15, -0.1) is 0 Å². The Bertz CT molecular complexity index is 752. The van der Waals surface area contributed by atoms with Crippen LogP contribution in [0.4, 0.5) is 0 Å². The van der Waals surface area contributed by atoms with E-state index in [1.54, 1.807) is 6.92 Å². The normalized spacial score (nSPS) is 12.6. The van der Waals surface area contributed by atoms with E-state index in [9.17, 15) is 21.6 Å². The van der Waals surface area contributed by atoms with Crippen molar-refractivity contribution in [3.63, 3.8) is 0 Å². The van der Waals surface area contributed by atoms with Crippen molar-refractivity contribution in [2.45, 2.75) is 11.8 Å². The number of carboxylic acids is 1. The molecule has 0 fully saturated rings. The summed E-state index contributed by atoms with van der Waals surface area (Å²) in [4.78, 5) is 10.9. The van der Waals surface area contributed by atoms with E-state index in [0.717, 1.165) is 16.6 Å². The molecule has 0 aliphatic carbocycles. The third-order valence-corrected chi connectivity index (χ3v) is 5.70. The third-order valence-electron chi connectivity index (χ3n) is 2.92. The topological polar surface area (TPSA) is 109 Å². The number of sulfone groups is 1. The molecule has 21 heavy (non-hydrogen) atoms. The summed E-state index contributed by atoms with van der Waals surface area (Å²) >= 11 is 0. The minimum Gasteiger partial charge on any atom is -0.478 e. The molecule has 7 nitrogen and oxygen atoms in total. The maximum atomic E-state index is 12.3. The van der Waals surface area contributed by atoms with Crippen LogP contribution in [-0.4, -0.2) is 57.8 Å². The minimum absolute atomic E-state index is 0.104. The van der Waals surface area contributed by atoms with Crippen molar-refractivity contribution in [3.05, 3.63) is 29.3 Å². The van der Waals surface area contributed by atoms with E-state index in [2.05, 4.69) is 0 Å². The molecular weight excluding hydrogens is 318 g/mol. The zero-order valence-corrected chi connectivity index (χ0v) is 13.5. The Morgan fingerprint density at radius 2 is 1.81 bits per heavy atom. The molecule has 9 heteroatoms. The number of benzene rings is 1. The number of aryl methyl sites for hydroxylation is 1. The lowest BCUT2D eigenvalue weighted by Crippen LogP contribution is -2.31. The number of carboxylic acid groups (broad SMARTS) is 1. The molecular formula is C12H17NO6S2. The molecule has 118 valence electrons. The first kappa shape index (κ1) is 17.6. The van der Waals surface area contributed by atoms with Gasteiger partial charge in [0.15, 0.2) is 0 Å². The van der Waals surface area contributed by atoms with Crippen LogP contribution in [0.3, 0.4) is 0 Å². The van der Waals surface area contributed by atoms with Crippen molar-refractivity contribution >= 4 is 25.8 Å². The molecule has 1 aromatic rings. The molecule has 0 bridgehead atoms. The van der Waals surface area contributed by atoms with Crippen molar-refractivity contribution in [1.29, 1.82) is 0 Å². The number of carbonyl (C=O) groups is 1. The van der Waals surface area contributed by atoms with E-state index in [1.807, 2.05) is 0 Å². The molecule has 0 atom stereocenters. The lowest BCUT2D eigenvalue weighted by molar-refractivity contribution is 0.0696. The lowest BCUT2D eigenvalue weighted by Gasteiger charge is -2.17. The second-order valence-corrected chi connectivity index (χ2v) is 9.04. The Balaban J connectivity index is 3.13. The SMILES string of the molecule is Cc1ccc(S(=O)(=O)N(C)CCS(C)(=O)=O)cc1C(=O)O. The zero-order chi connectivity index (χ0) is 16.4. The number of nitrogens with zero attached hydrogens (tertiary/aromatic N) is 1. The van der Waals surface area contributed by atoms with Gasteiger partial charge >= 0.3 is 5.97 Å². The first-order chi connectivity index (χ1) is 9.45. The van der Waals surface area contributed by atoms with Crippen LogP contribution in [-0.2, 0) is 19.9 Å². The van der Waals surface area contributed by atoms with Crippen LogP contribution < -0.4 is 0 Å². The van der Waals surface area contributed by atoms with E-state index in [1.165, 1.54) is 19.2 Å². The minimum atomic E-state index is -3.93. The number of hydrogen-bond donors (Lipinski definition) is 1. The summed E-state index contributed by atoms with van der Waals surface area (Å²) in [5.74, 6) is -1.52. The standard InChI is InChI=1S/C12H17NO6S2/c1-9-4-5-10(8-11(9)12(14)15)21(18,19)13(2)6-7-20(3,16)17/h4-5,8H,6-7H2,1-3H3,(H,14,15). The summed E-state index contributed by atoms with van der Waals surface area (Å²) in [5.41, 5.74) is 0.341. The number of hydrogen-bond acceptors (Lipinski definition) is 5. The second-order valence-electron chi connectivity index (χ2n) is 4.74. The summed E-state index contributed by atoms with van der Waals surface area (Å²) in [6.07, 6.45) is 1.02. The molecule has 1 N–H and O–H groups in total. The van der Waals surface area contributed by atoms with Crippen molar-refractivity contribution in [1.82, 2.24) is 4.31 Å².